The summed E-state index contributed by atoms with van der Waals surface area (Å²) in [6, 6.07) is 3.73. The molecule has 1 saturated heterocycles. The van der Waals surface area contributed by atoms with Crippen LogP contribution in [0.5, 0.6) is 0 Å². The van der Waals surface area contributed by atoms with E-state index in [-0.39, 0.29) is 24.0 Å². The lowest BCUT2D eigenvalue weighted by molar-refractivity contribution is -0.138. The predicted molar refractivity (Wildman–Crippen MR) is 85.6 cm³/mol. The lowest BCUT2D eigenvalue weighted by atomic mass is 10.1. The molecule has 126 valence electrons. The summed E-state index contributed by atoms with van der Waals surface area (Å²) in [5.74, 6) is -0.173. The fourth-order valence-corrected chi connectivity index (χ4v) is 2.75. The minimum atomic E-state index is -0.572. The first kappa shape index (κ1) is 16.1. The number of aryl methyl sites for hydroxylation is 1. The number of H-pyrrole nitrogens is 2. The van der Waals surface area contributed by atoms with Crippen LogP contribution < -0.4 is 11.2 Å². The van der Waals surface area contributed by atoms with Crippen molar-refractivity contribution >= 4 is 5.91 Å². The summed E-state index contributed by atoms with van der Waals surface area (Å²) in [4.78, 5) is 46.0. The van der Waals surface area contributed by atoms with Gasteiger partial charge in [0.05, 0.1) is 19.6 Å². The van der Waals surface area contributed by atoms with E-state index < -0.39 is 11.2 Å². The third kappa shape index (κ3) is 3.43. The molecule has 8 nitrogen and oxygen atoms in total. The third-order valence-electron chi connectivity index (χ3n) is 4.06. The van der Waals surface area contributed by atoms with Crippen LogP contribution in [0.15, 0.2) is 34.1 Å². The zero-order chi connectivity index (χ0) is 17.1. The molecule has 0 bridgehead atoms. The van der Waals surface area contributed by atoms with Crippen molar-refractivity contribution in [2.75, 3.05) is 19.7 Å². The smallest absolute Gasteiger partial charge is 0.325 e. The summed E-state index contributed by atoms with van der Waals surface area (Å²) < 4.78 is 5.71. The molecule has 3 rings (SSSR count). The molecule has 1 atom stereocenters. The van der Waals surface area contributed by atoms with E-state index in [1.165, 1.54) is 0 Å². The van der Waals surface area contributed by atoms with Gasteiger partial charge in [0.2, 0.25) is 5.91 Å². The molecule has 2 N–H and O–H groups in total. The molecule has 0 radical (unpaired) electrons. The number of rotatable bonds is 3. The first-order valence-corrected chi connectivity index (χ1v) is 7.66. The number of nitrogens with zero attached hydrogens (tertiary/aromatic N) is 2. The number of nitrogens with one attached hydrogen (secondary N) is 2. The Hall–Kier alpha value is -2.74. The fraction of sp³-hybridized carbons (Fsp3) is 0.375. The molecule has 0 unspecified atom stereocenters. The van der Waals surface area contributed by atoms with Crippen LogP contribution in [0.4, 0.5) is 0 Å². The van der Waals surface area contributed by atoms with Gasteiger partial charge in [-0.15, -0.1) is 0 Å². The van der Waals surface area contributed by atoms with Crippen LogP contribution in [0.3, 0.4) is 0 Å². The van der Waals surface area contributed by atoms with Crippen LogP contribution in [0.1, 0.15) is 22.9 Å². The summed E-state index contributed by atoms with van der Waals surface area (Å²) in [5.41, 5.74) is 0.504. The second kappa shape index (κ2) is 6.79. The van der Waals surface area contributed by atoms with Crippen molar-refractivity contribution in [2.24, 2.45) is 0 Å². The highest BCUT2D eigenvalue weighted by Crippen LogP contribution is 2.21. The third-order valence-corrected chi connectivity index (χ3v) is 4.06. The van der Waals surface area contributed by atoms with Gasteiger partial charge in [-0.3, -0.25) is 19.6 Å². The van der Waals surface area contributed by atoms with E-state index >= 15 is 0 Å². The van der Waals surface area contributed by atoms with Crippen LogP contribution in [0, 0.1) is 6.92 Å². The Morgan fingerprint density at radius 2 is 2.25 bits per heavy atom. The Morgan fingerprint density at radius 3 is 2.96 bits per heavy atom. The summed E-state index contributed by atoms with van der Waals surface area (Å²) in [7, 11) is 0. The molecule has 3 heterocycles. The van der Waals surface area contributed by atoms with E-state index in [2.05, 4.69) is 15.0 Å². The Bertz CT molecular complexity index is 843. The zero-order valence-corrected chi connectivity index (χ0v) is 13.2. The number of ether oxygens (including phenoxy) is 1. The number of pyridine rings is 1. The molecule has 0 spiro atoms. The maximum absolute atomic E-state index is 12.5. The molecule has 1 aliphatic heterocycles. The number of aromatic amines is 2. The van der Waals surface area contributed by atoms with Crippen LogP contribution in [0.2, 0.25) is 0 Å². The van der Waals surface area contributed by atoms with E-state index in [0.717, 1.165) is 5.56 Å². The molecule has 0 saturated carbocycles. The van der Waals surface area contributed by atoms with Crippen molar-refractivity contribution in [1.29, 1.82) is 0 Å². The van der Waals surface area contributed by atoms with E-state index in [0.29, 0.717) is 25.4 Å². The maximum Gasteiger partial charge on any atom is 0.325 e. The number of hydrogen-bond donors (Lipinski definition) is 2. The topological polar surface area (TPSA) is 108 Å². The van der Waals surface area contributed by atoms with Crippen LogP contribution in [0.25, 0.3) is 0 Å². The highest BCUT2D eigenvalue weighted by molar-refractivity contribution is 5.79. The van der Waals surface area contributed by atoms with Gasteiger partial charge in [-0.1, -0.05) is 6.07 Å². The van der Waals surface area contributed by atoms with Gasteiger partial charge < -0.3 is 14.6 Å². The van der Waals surface area contributed by atoms with Gasteiger partial charge in [-0.2, -0.15) is 0 Å². The van der Waals surface area contributed by atoms with Gasteiger partial charge in [0, 0.05) is 35.8 Å². The van der Waals surface area contributed by atoms with Crippen LogP contribution in [-0.4, -0.2) is 45.5 Å². The second-order valence-electron chi connectivity index (χ2n) is 5.67. The highest BCUT2D eigenvalue weighted by atomic mass is 16.5. The minimum Gasteiger partial charge on any atom is -0.370 e. The average molecular weight is 330 g/mol. The zero-order valence-electron chi connectivity index (χ0n) is 13.2. The molecule has 1 aliphatic rings. The molecular weight excluding hydrogens is 312 g/mol. The Labute approximate surface area is 137 Å². The SMILES string of the molecule is Cc1[nH]c(=O)[nH]c(=O)c1CC(=O)N1CCO[C@H](c2cccnc2)C1. The monoisotopic (exact) mass is 330 g/mol. The normalized spacial score (nSPS) is 17.7. The number of amides is 1. The van der Waals surface area contributed by atoms with Crippen molar-refractivity contribution in [3.05, 3.63) is 62.2 Å². The van der Waals surface area contributed by atoms with Gasteiger partial charge in [-0.05, 0) is 13.0 Å². The summed E-state index contributed by atoms with van der Waals surface area (Å²) in [5, 5.41) is 0. The number of carbonyl (C=O) groups is 1. The number of hydrogen-bond acceptors (Lipinski definition) is 5. The molecular formula is C16H18N4O4. The number of morpholine rings is 1. The van der Waals surface area contributed by atoms with Gasteiger partial charge >= 0.3 is 5.69 Å². The van der Waals surface area contributed by atoms with Crippen molar-refractivity contribution in [3.63, 3.8) is 0 Å². The largest absolute Gasteiger partial charge is 0.370 e. The average Bonchev–Trinajstić information content (AvgIpc) is 2.59. The van der Waals surface area contributed by atoms with E-state index in [4.69, 9.17) is 4.74 Å². The van der Waals surface area contributed by atoms with Crippen LogP contribution in [-0.2, 0) is 16.0 Å². The van der Waals surface area contributed by atoms with E-state index in [1.807, 2.05) is 12.1 Å². The summed E-state index contributed by atoms with van der Waals surface area (Å²) >= 11 is 0. The lowest BCUT2D eigenvalue weighted by Crippen LogP contribution is -2.43. The Kier molecular flexibility index (Phi) is 4.57. The fourth-order valence-electron chi connectivity index (χ4n) is 2.75. The number of carbonyl (C=O) groups excluding carboxylic acids is 1. The summed E-state index contributed by atoms with van der Waals surface area (Å²) in [6.45, 7) is 2.91. The molecule has 1 fully saturated rings. The molecule has 0 aliphatic carbocycles. The molecule has 24 heavy (non-hydrogen) atoms. The van der Waals surface area contributed by atoms with Gasteiger partial charge in [0.1, 0.15) is 6.10 Å². The lowest BCUT2D eigenvalue weighted by Gasteiger charge is -2.33. The van der Waals surface area contributed by atoms with Crippen LogP contribution >= 0.6 is 0 Å². The quantitative estimate of drug-likeness (QED) is 0.817. The molecule has 0 aromatic carbocycles. The van der Waals surface area contributed by atoms with Gasteiger partial charge in [-0.25, -0.2) is 4.79 Å². The van der Waals surface area contributed by atoms with E-state index in [1.54, 1.807) is 24.2 Å². The van der Waals surface area contributed by atoms with E-state index in [9.17, 15) is 14.4 Å². The Balaban J connectivity index is 1.74. The van der Waals surface area contributed by atoms with Crippen molar-refractivity contribution in [3.8, 4) is 0 Å². The molecule has 2 aromatic heterocycles. The van der Waals surface area contributed by atoms with Crippen molar-refractivity contribution < 1.29 is 9.53 Å². The maximum atomic E-state index is 12.5. The molecule has 8 heteroatoms. The summed E-state index contributed by atoms with van der Waals surface area (Å²) in [6.07, 6.45) is 3.11. The Morgan fingerprint density at radius 1 is 1.42 bits per heavy atom. The molecule has 1 amide bonds. The van der Waals surface area contributed by atoms with Crippen molar-refractivity contribution in [1.82, 2.24) is 19.9 Å². The first-order chi connectivity index (χ1) is 11.5. The highest BCUT2D eigenvalue weighted by Gasteiger charge is 2.26. The van der Waals surface area contributed by atoms with Crippen molar-refractivity contribution in [2.45, 2.75) is 19.4 Å². The molecule has 2 aromatic rings. The number of aromatic nitrogens is 3. The second-order valence-corrected chi connectivity index (χ2v) is 5.67. The standard InChI is InChI=1S/C16H18N4O4/c1-10-12(15(22)19-16(23)18-10)7-14(21)20-5-6-24-13(9-20)11-3-2-4-17-8-11/h2-4,8,13H,5-7,9H2,1H3,(H2,18,19,22,23)/t13-/m0/s1. The van der Waals surface area contributed by atoms with Gasteiger partial charge in [0.25, 0.3) is 5.56 Å². The first-order valence-electron chi connectivity index (χ1n) is 7.66. The van der Waals surface area contributed by atoms with Gasteiger partial charge in [0.15, 0.2) is 0 Å². The minimum absolute atomic E-state index is 0.0578. The predicted octanol–water partition coefficient (Wildman–Crippen LogP) is -0.0908.